The number of hydrogen-bond acceptors (Lipinski definition) is 3. The van der Waals surface area contributed by atoms with Gasteiger partial charge in [0.15, 0.2) is 11.6 Å². The number of rotatable bonds is 4. The predicted octanol–water partition coefficient (Wildman–Crippen LogP) is 2.03. The molecule has 1 amide bonds. The number of halogens is 1. The Labute approximate surface area is 116 Å². The molecule has 5 nitrogen and oxygen atoms in total. The van der Waals surface area contributed by atoms with E-state index in [2.05, 4.69) is 10.4 Å². The summed E-state index contributed by atoms with van der Waals surface area (Å²) in [7, 11) is 0. The summed E-state index contributed by atoms with van der Waals surface area (Å²) in [5.74, 6) is -1.65. The molecule has 1 aromatic heterocycles. The molecule has 0 radical (unpaired) electrons. The SMILES string of the molecule is Cc1cnn([C@H](C)CNC(=O)c2ccc(F)c(O)c2)c1. The van der Waals surface area contributed by atoms with Gasteiger partial charge in [-0.25, -0.2) is 4.39 Å². The van der Waals surface area contributed by atoms with Crippen molar-refractivity contribution in [3.8, 4) is 5.75 Å². The number of nitrogens with zero attached hydrogens (tertiary/aromatic N) is 2. The summed E-state index contributed by atoms with van der Waals surface area (Å²) in [4.78, 5) is 11.9. The van der Waals surface area contributed by atoms with Gasteiger partial charge in [0.1, 0.15) is 0 Å². The Morgan fingerprint density at radius 3 is 2.90 bits per heavy atom. The van der Waals surface area contributed by atoms with E-state index in [-0.39, 0.29) is 17.5 Å². The van der Waals surface area contributed by atoms with Gasteiger partial charge in [-0.2, -0.15) is 5.10 Å². The number of phenolic OH excluding ortho intramolecular Hbond substituents is 1. The molecule has 0 fully saturated rings. The molecule has 2 rings (SSSR count). The van der Waals surface area contributed by atoms with Crippen LogP contribution < -0.4 is 5.32 Å². The van der Waals surface area contributed by atoms with Gasteiger partial charge in [-0.1, -0.05) is 0 Å². The molecule has 0 aliphatic heterocycles. The van der Waals surface area contributed by atoms with Crippen LogP contribution >= 0.6 is 0 Å². The zero-order chi connectivity index (χ0) is 14.7. The number of aromatic nitrogens is 2. The number of phenols is 1. The van der Waals surface area contributed by atoms with Crippen molar-refractivity contribution in [2.75, 3.05) is 6.54 Å². The topological polar surface area (TPSA) is 67.2 Å². The maximum Gasteiger partial charge on any atom is 0.251 e. The maximum atomic E-state index is 12.9. The molecule has 1 aromatic carbocycles. The van der Waals surface area contributed by atoms with Crippen molar-refractivity contribution in [1.29, 1.82) is 0 Å². The van der Waals surface area contributed by atoms with Crippen LogP contribution in [0, 0.1) is 12.7 Å². The smallest absolute Gasteiger partial charge is 0.251 e. The highest BCUT2D eigenvalue weighted by Gasteiger charge is 2.11. The second-order valence-corrected chi connectivity index (χ2v) is 4.72. The molecule has 6 heteroatoms. The standard InChI is InChI=1S/C14H16FN3O2/c1-9-6-17-18(8-9)10(2)7-16-14(20)11-3-4-12(15)13(19)5-11/h3-6,8,10,19H,7H2,1-2H3,(H,16,20)/t10-/m1/s1. The van der Waals surface area contributed by atoms with E-state index in [1.807, 2.05) is 20.0 Å². The van der Waals surface area contributed by atoms with Gasteiger partial charge in [0.2, 0.25) is 0 Å². The highest BCUT2D eigenvalue weighted by atomic mass is 19.1. The molecule has 0 saturated heterocycles. The van der Waals surface area contributed by atoms with Crippen molar-refractivity contribution >= 4 is 5.91 Å². The quantitative estimate of drug-likeness (QED) is 0.898. The predicted molar refractivity (Wildman–Crippen MR) is 72.1 cm³/mol. The lowest BCUT2D eigenvalue weighted by atomic mass is 10.2. The fraction of sp³-hybridized carbons (Fsp3) is 0.286. The first-order valence-corrected chi connectivity index (χ1v) is 6.25. The monoisotopic (exact) mass is 277 g/mol. The Bertz CT molecular complexity index is 625. The molecule has 1 heterocycles. The average molecular weight is 277 g/mol. The minimum absolute atomic E-state index is 0.00157. The van der Waals surface area contributed by atoms with Crippen LogP contribution in [-0.4, -0.2) is 27.3 Å². The van der Waals surface area contributed by atoms with Gasteiger partial charge in [-0.3, -0.25) is 9.48 Å². The third-order valence-electron chi connectivity index (χ3n) is 2.95. The van der Waals surface area contributed by atoms with Crippen molar-refractivity contribution < 1.29 is 14.3 Å². The summed E-state index contributed by atoms with van der Waals surface area (Å²) in [5, 5.41) is 16.1. The van der Waals surface area contributed by atoms with E-state index in [0.29, 0.717) is 6.54 Å². The van der Waals surface area contributed by atoms with E-state index in [0.717, 1.165) is 17.7 Å². The molecule has 0 spiro atoms. The van der Waals surface area contributed by atoms with Crippen LogP contribution in [0.1, 0.15) is 28.9 Å². The Hall–Kier alpha value is -2.37. The molecular formula is C14H16FN3O2. The number of nitrogens with one attached hydrogen (secondary N) is 1. The van der Waals surface area contributed by atoms with E-state index in [4.69, 9.17) is 0 Å². The molecular weight excluding hydrogens is 261 g/mol. The lowest BCUT2D eigenvalue weighted by Gasteiger charge is -2.13. The molecule has 0 unspecified atom stereocenters. The summed E-state index contributed by atoms with van der Waals surface area (Å²) in [6.45, 7) is 4.25. The second-order valence-electron chi connectivity index (χ2n) is 4.72. The van der Waals surface area contributed by atoms with Crippen LogP contribution in [-0.2, 0) is 0 Å². The number of hydrogen-bond donors (Lipinski definition) is 2. The number of carbonyl (C=O) groups is 1. The molecule has 0 aliphatic rings. The van der Waals surface area contributed by atoms with Crippen LogP contribution in [0.4, 0.5) is 4.39 Å². The number of aromatic hydroxyl groups is 1. The zero-order valence-corrected chi connectivity index (χ0v) is 11.3. The van der Waals surface area contributed by atoms with Crippen LogP contribution in [0.3, 0.4) is 0 Å². The summed E-state index contributed by atoms with van der Waals surface area (Å²) in [5.41, 5.74) is 1.26. The Balaban J connectivity index is 1.96. The number of benzene rings is 1. The molecule has 106 valence electrons. The molecule has 0 saturated carbocycles. The van der Waals surface area contributed by atoms with Gasteiger partial charge in [-0.05, 0) is 37.6 Å². The molecule has 0 aliphatic carbocycles. The van der Waals surface area contributed by atoms with Crippen LogP contribution in [0.2, 0.25) is 0 Å². The van der Waals surface area contributed by atoms with E-state index in [1.54, 1.807) is 10.9 Å². The molecule has 0 bridgehead atoms. The first kappa shape index (κ1) is 14.0. The third kappa shape index (κ3) is 3.14. The lowest BCUT2D eigenvalue weighted by molar-refractivity contribution is 0.0947. The zero-order valence-electron chi connectivity index (χ0n) is 11.3. The highest BCUT2D eigenvalue weighted by Crippen LogP contribution is 2.16. The first-order chi connectivity index (χ1) is 9.47. The average Bonchev–Trinajstić information content (AvgIpc) is 2.85. The van der Waals surface area contributed by atoms with Gasteiger partial charge < -0.3 is 10.4 Å². The summed E-state index contributed by atoms with van der Waals surface area (Å²) in [6, 6.07) is 3.49. The largest absolute Gasteiger partial charge is 0.505 e. The molecule has 1 atom stereocenters. The van der Waals surface area contributed by atoms with E-state index < -0.39 is 11.6 Å². The third-order valence-corrected chi connectivity index (χ3v) is 2.95. The lowest BCUT2D eigenvalue weighted by Crippen LogP contribution is -2.29. The number of carbonyl (C=O) groups excluding carboxylic acids is 1. The van der Waals surface area contributed by atoms with Gasteiger partial charge in [-0.15, -0.1) is 0 Å². The van der Waals surface area contributed by atoms with Crippen molar-refractivity contribution in [1.82, 2.24) is 15.1 Å². The normalized spacial score (nSPS) is 12.2. The van der Waals surface area contributed by atoms with E-state index in [9.17, 15) is 14.3 Å². The molecule has 20 heavy (non-hydrogen) atoms. The van der Waals surface area contributed by atoms with Crippen molar-refractivity contribution in [3.63, 3.8) is 0 Å². The van der Waals surface area contributed by atoms with Crippen LogP contribution in [0.5, 0.6) is 5.75 Å². The highest BCUT2D eigenvalue weighted by molar-refractivity contribution is 5.94. The minimum Gasteiger partial charge on any atom is -0.505 e. The van der Waals surface area contributed by atoms with Crippen LogP contribution in [0.25, 0.3) is 0 Å². The van der Waals surface area contributed by atoms with Crippen LogP contribution in [0.15, 0.2) is 30.6 Å². The molecule has 2 aromatic rings. The van der Waals surface area contributed by atoms with Crippen molar-refractivity contribution in [2.45, 2.75) is 19.9 Å². The number of aryl methyl sites for hydroxylation is 1. The summed E-state index contributed by atoms with van der Waals surface area (Å²) < 4.78 is 14.7. The van der Waals surface area contributed by atoms with Gasteiger partial charge >= 0.3 is 0 Å². The van der Waals surface area contributed by atoms with Crippen molar-refractivity contribution in [2.24, 2.45) is 0 Å². The summed E-state index contributed by atoms with van der Waals surface area (Å²) >= 11 is 0. The van der Waals surface area contributed by atoms with Gasteiger partial charge in [0.25, 0.3) is 5.91 Å². The fourth-order valence-electron chi connectivity index (χ4n) is 1.76. The van der Waals surface area contributed by atoms with Gasteiger partial charge in [0, 0.05) is 18.3 Å². The number of amides is 1. The maximum absolute atomic E-state index is 12.9. The second kappa shape index (κ2) is 5.73. The Kier molecular flexibility index (Phi) is 4.02. The van der Waals surface area contributed by atoms with Gasteiger partial charge in [0.05, 0.1) is 12.2 Å². The van der Waals surface area contributed by atoms with E-state index in [1.165, 1.54) is 6.07 Å². The fourth-order valence-corrected chi connectivity index (χ4v) is 1.76. The Morgan fingerprint density at radius 2 is 2.30 bits per heavy atom. The first-order valence-electron chi connectivity index (χ1n) is 6.25. The minimum atomic E-state index is -0.748. The summed E-state index contributed by atoms with van der Waals surface area (Å²) in [6.07, 6.45) is 3.64. The molecule has 2 N–H and O–H groups in total. The van der Waals surface area contributed by atoms with E-state index >= 15 is 0 Å². The van der Waals surface area contributed by atoms with Crippen molar-refractivity contribution in [3.05, 3.63) is 47.5 Å². The Morgan fingerprint density at radius 1 is 1.55 bits per heavy atom.